The Balaban J connectivity index is 1.56. The van der Waals surface area contributed by atoms with Crippen LogP contribution in [0.4, 0.5) is 0 Å². The maximum atomic E-state index is 13.0. The van der Waals surface area contributed by atoms with E-state index >= 15 is 0 Å². The normalized spacial score (nSPS) is 12.4. The van der Waals surface area contributed by atoms with Gasteiger partial charge in [-0.05, 0) is 106 Å². The summed E-state index contributed by atoms with van der Waals surface area (Å²) in [5.41, 5.74) is 14.0. The molecule has 41 heavy (non-hydrogen) atoms. The lowest BCUT2D eigenvalue weighted by molar-refractivity contribution is -0.125. The minimum atomic E-state index is -0.623. The molecule has 2 atom stereocenters. The number of amides is 2. The third-order valence-corrected chi connectivity index (χ3v) is 7.39. The molecule has 0 radical (unpaired) electrons. The molecule has 0 saturated carbocycles. The molecule has 6 heteroatoms. The van der Waals surface area contributed by atoms with Gasteiger partial charge in [-0.3, -0.25) is 9.59 Å². The van der Waals surface area contributed by atoms with Gasteiger partial charge in [-0.1, -0.05) is 66.6 Å². The van der Waals surface area contributed by atoms with Gasteiger partial charge in [0, 0.05) is 12.5 Å². The summed E-state index contributed by atoms with van der Waals surface area (Å²) in [5.74, 6) is 0.725. The molecule has 3 aromatic carbocycles. The highest BCUT2D eigenvalue weighted by atomic mass is 16.5. The van der Waals surface area contributed by atoms with E-state index in [2.05, 4.69) is 73.9 Å². The van der Waals surface area contributed by atoms with Crippen molar-refractivity contribution < 1.29 is 14.3 Å². The lowest BCUT2D eigenvalue weighted by Crippen LogP contribution is -2.47. The summed E-state index contributed by atoms with van der Waals surface area (Å²) in [6.45, 7) is 9.76. The maximum Gasteiger partial charge on any atom is 0.243 e. The molecule has 0 aliphatic heterocycles. The van der Waals surface area contributed by atoms with Gasteiger partial charge in [0.15, 0.2) is 0 Å². The first kappa shape index (κ1) is 31.9. The number of carbonyl (C=O) groups is 2. The number of hydrogen-bond acceptors (Lipinski definition) is 4. The summed E-state index contributed by atoms with van der Waals surface area (Å²) in [6.07, 6.45) is 6.68. The van der Waals surface area contributed by atoms with Crippen LogP contribution >= 0.6 is 0 Å². The number of rotatable bonds is 17. The molecule has 6 nitrogen and oxygen atoms in total. The third-order valence-electron chi connectivity index (χ3n) is 7.39. The molecule has 0 saturated heterocycles. The standard InChI is InChI=1S/C35H47N3O3/c1-5-30-23-32(41-18-7-6-17-36)15-16-33(30)31-13-11-28(12-14-31)22-34(37-24-39)35(40)38-27(4)9-8-10-29-20-25(2)19-26(3)21-29/h11-16,19-21,23-24,27,34H,5-10,17-18,22,36H2,1-4H3,(H,37,39)(H,38,40)/t27?,34-/m0/s1. The molecule has 0 aliphatic rings. The fourth-order valence-electron chi connectivity index (χ4n) is 5.28. The molecular formula is C35H47N3O3. The van der Waals surface area contributed by atoms with E-state index in [9.17, 15) is 9.59 Å². The summed E-state index contributed by atoms with van der Waals surface area (Å²) in [6, 6.07) is 20.5. The molecule has 0 heterocycles. The number of ether oxygens (including phenoxy) is 1. The van der Waals surface area contributed by atoms with Crippen LogP contribution in [0.2, 0.25) is 0 Å². The van der Waals surface area contributed by atoms with Crippen molar-refractivity contribution in [2.45, 2.75) is 84.7 Å². The van der Waals surface area contributed by atoms with Crippen LogP contribution in [0.1, 0.15) is 67.3 Å². The zero-order valence-electron chi connectivity index (χ0n) is 25.2. The first-order valence-electron chi connectivity index (χ1n) is 14.9. The summed E-state index contributed by atoms with van der Waals surface area (Å²) in [5, 5.41) is 5.81. The van der Waals surface area contributed by atoms with Crippen LogP contribution in [-0.4, -0.2) is 37.6 Å². The molecule has 2 amide bonds. The van der Waals surface area contributed by atoms with Crippen molar-refractivity contribution in [2.75, 3.05) is 13.2 Å². The molecule has 3 rings (SSSR count). The highest BCUT2D eigenvalue weighted by Crippen LogP contribution is 2.28. The Morgan fingerprint density at radius 1 is 0.951 bits per heavy atom. The van der Waals surface area contributed by atoms with Crippen LogP contribution in [0.25, 0.3) is 11.1 Å². The lowest BCUT2D eigenvalue weighted by Gasteiger charge is -2.20. The topological polar surface area (TPSA) is 93.4 Å². The van der Waals surface area contributed by atoms with Crippen LogP contribution in [0.3, 0.4) is 0 Å². The number of aryl methyl sites for hydroxylation is 4. The Bertz CT molecular complexity index is 1240. The number of carbonyl (C=O) groups excluding carboxylic acids is 2. The number of nitrogens with one attached hydrogen (secondary N) is 2. The molecule has 0 bridgehead atoms. The molecule has 1 unspecified atom stereocenters. The minimum absolute atomic E-state index is 0.0202. The fourth-order valence-corrected chi connectivity index (χ4v) is 5.28. The van der Waals surface area contributed by atoms with Crippen molar-refractivity contribution >= 4 is 12.3 Å². The fraction of sp³-hybridized carbons (Fsp3) is 0.429. The van der Waals surface area contributed by atoms with Gasteiger partial charge in [0.1, 0.15) is 11.8 Å². The van der Waals surface area contributed by atoms with Crippen LogP contribution in [0, 0.1) is 13.8 Å². The van der Waals surface area contributed by atoms with Gasteiger partial charge in [0.25, 0.3) is 0 Å². The summed E-state index contributed by atoms with van der Waals surface area (Å²) < 4.78 is 5.90. The first-order chi connectivity index (χ1) is 19.8. The molecule has 0 spiro atoms. The smallest absolute Gasteiger partial charge is 0.243 e. The van der Waals surface area contributed by atoms with Gasteiger partial charge in [-0.2, -0.15) is 0 Å². The van der Waals surface area contributed by atoms with Crippen molar-refractivity contribution in [1.82, 2.24) is 10.6 Å². The number of nitrogens with two attached hydrogens (primary N) is 1. The van der Waals surface area contributed by atoms with Gasteiger partial charge >= 0.3 is 0 Å². The van der Waals surface area contributed by atoms with Crippen LogP contribution in [0.15, 0.2) is 60.7 Å². The second-order valence-electron chi connectivity index (χ2n) is 11.1. The second kappa shape index (κ2) is 16.6. The van der Waals surface area contributed by atoms with Gasteiger partial charge in [0.2, 0.25) is 12.3 Å². The minimum Gasteiger partial charge on any atom is -0.494 e. The van der Waals surface area contributed by atoms with Crippen molar-refractivity contribution in [1.29, 1.82) is 0 Å². The average molecular weight is 558 g/mol. The van der Waals surface area contributed by atoms with Crippen LogP contribution in [0.5, 0.6) is 5.75 Å². The van der Waals surface area contributed by atoms with Crippen LogP contribution < -0.4 is 21.1 Å². The molecule has 0 fully saturated rings. The zero-order chi connectivity index (χ0) is 29.6. The number of unbranched alkanes of at least 4 members (excludes halogenated alkanes) is 1. The summed E-state index contributed by atoms with van der Waals surface area (Å²) in [4.78, 5) is 24.3. The maximum absolute atomic E-state index is 13.0. The van der Waals surface area contributed by atoms with E-state index in [1.807, 2.05) is 25.1 Å². The second-order valence-corrected chi connectivity index (χ2v) is 11.1. The van der Waals surface area contributed by atoms with Gasteiger partial charge in [-0.25, -0.2) is 0 Å². The highest BCUT2D eigenvalue weighted by molar-refractivity contribution is 5.84. The van der Waals surface area contributed by atoms with E-state index in [1.165, 1.54) is 27.8 Å². The highest BCUT2D eigenvalue weighted by Gasteiger charge is 2.20. The van der Waals surface area contributed by atoms with Crippen LogP contribution in [-0.2, 0) is 28.9 Å². The Morgan fingerprint density at radius 3 is 2.34 bits per heavy atom. The van der Waals surface area contributed by atoms with Gasteiger partial charge in [0.05, 0.1) is 6.61 Å². The molecule has 0 aliphatic carbocycles. The zero-order valence-corrected chi connectivity index (χ0v) is 25.2. The molecule has 3 aromatic rings. The summed E-state index contributed by atoms with van der Waals surface area (Å²) >= 11 is 0. The summed E-state index contributed by atoms with van der Waals surface area (Å²) in [7, 11) is 0. The lowest BCUT2D eigenvalue weighted by atomic mass is 9.95. The van der Waals surface area contributed by atoms with Gasteiger partial charge < -0.3 is 21.1 Å². The third kappa shape index (κ3) is 10.4. The number of hydrogen-bond donors (Lipinski definition) is 3. The molecule has 0 aromatic heterocycles. The Morgan fingerprint density at radius 2 is 1.68 bits per heavy atom. The van der Waals surface area contributed by atoms with E-state index in [1.54, 1.807) is 0 Å². The van der Waals surface area contributed by atoms with Crippen molar-refractivity contribution in [2.24, 2.45) is 5.73 Å². The van der Waals surface area contributed by atoms with E-state index < -0.39 is 6.04 Å². The van der Waals surface area contributed by atoms with Crippen molar-refractivity contribution in [3.05, 3.63) is 88.5 Å². The predicted molar refractivity (Wildman–Crippen MR) is 168 cm³/mol. The Labute approximate surface area is 246 Å². The van der Waals surface area contributed by atoms with Gasteiger partial charge in [-0.15, -0.1) is 0 Å². The van der Waals surface area contributed by atoms with E-state index in [0.29, 0.717) is 26.0 Å². The Hall–Kier alpha value is -3.64. The van der Waals surface area contributed by atoms with Crippen molar-refractivity contribution in [3.63, 3.8) is 0 Å². The molecule has 220 valence electrons. The average Bonchev–Trinajstić information content (AvgIpc) is 2.95. The van der Waals surface area contributed by atoms with Crippen molar-refractivity contribution in [3.8, 4) is 16.9 Å². The molecule has 4 N–H and O–H groups in total. The largest absolute Gasteiger partial charge is 0.494 e. The van der Waals surface area contributed by atoms with E-state index in [0.717, 1.165) is 55.4 Å². The monoisotopic (exact) mass is 557 g/mol. The number of benzene rings is 3. The molecular weight excluding hydrogens is 510 g/mol. The van der Waals surface area contributed by atoms with E-state index in [4.69, 9.17) is 10.5 Å². The Kier molecular flexibility index (Phi) is 12.9. The first-order valence-corrected chi connectivity index (χ1v) is 14.9. The predicted octanol–water partition coefficient (Wildman–Crippen LogP) is 5.84. The van der Waals surface area contributed by atoms with E-state index in [-0.39, 0.29) is 11.9 Å². The quantitative estimate of drug-likeness (QED) is 0.144. The SMILES string of the molecule is CCc1cc(OCCCCN)ccc1-c1ccc(C[C@H](NC=O)C(=O)NC(C)CCCc2cc(C)cc(C)c2)cc1.